The van der Waals surface area contributed by atoms with E-state index in [1.165, 1.54) is 16.8 Å². The van der Waals surface area contributed by atoms with Gasteiger partial charge in [-0.05, 0) is 48.9 Å². The molecule has 31 heavy (non-hydrogen) atoms. The maximum atomic E-state index is 13.2. The van der Waals surface area contributed by atoms with Crippen LogP contribution in [-0.2, 0) is 34.1 Å². The zero-order valence-electron chi connectivity index (χ0n) is 18.4. The second-order valence-corrected chi connectivity index (χ2v) is 10.7. The maximum Gasteiger partial charge on any atom is 0.243 e. The molecule has 9 heteroatoms. The first kappa shape index (κ1) is 22.0. The summed E-state index contributed by atoms with van der Waals surface area (Å²) in [6, 6.07) is 5.34. The van der Waals surface area contributed by atoms with Gasteiger partial charge in [0, 0.05) is 44.9 Å². The molecule has 0 bridgehead atoms. The monoisotopic (exact) mass is 446 g/mol. The van der Waals surface area contributed by atoms with Gasteiger partial charge in [0.25, 0.3) is 0 Å². The Morgan fingerprint density at radius 2 is 2.06 bits per heavy atom. The molecule has 1 saturated heterocycles. The molecule has 8 nitrogen and oxygen atoms in total. The third kappa shape index (κ3) is 4.52. The molecule has 1 aromatic carbocycles. The molecular formula is C22H30N4O4S. The van der Waals surface area contributed by atoms with E-state index in [2.05, 4.69) is 10.1 Å². The lowest BCUT2D eigenvalue weighted by Gasteiger charge is -2.27. The van der Waals surface area contributed by atoms with Gasteiger partial charge in [0.2, 0.25) is 21.8 Å². The molecule has 2 aliphatic rings. The van der Waals surface area contributed by atoms with Crippen LogP contribution >= 0.6 is 0 Å². The average molecular weight is 447 g/mol. The number of aryl methyl sites for hydroxylation is 2. The highest BCUT2D eigenvalue weighted by molar-refractivity contribution is 7.89. The summed E-state index contributed by atoms with van der Waals surface area (Å²) in [5.74, 6) is 1.22. The highest BCUT2D eigenvalue weighted by atomic mass is 32.2. The van der Waals surface area contributed by atoms with Gasteiger partial charge in [-0.3, -0.25) is 4.79 Å². The quantitative estimate of drug-likeness (QED) is 0.648. The Kier molecular flexibility index (Phi) is 6.16. The predicted octanol–water partition coefficient (Wildman–Crippen LogP) is 2.54. The number of rotatable bonds is 7. The number of sulfonamides is 1. The summed E-state index contributed by atoms with van der Waals surface area (Å²) in [4.78, 5) is 18.8. The molecule has 1 atom stereocenters. The third-order valence-electron chi connectivity index (χ3n) is 6.23. The fraction of sp³-hybridized carbons (Fsp3) is 0.591. The minimum absolute atomic E-state index is 0.0747. The lowest BCUT2D eigenvalue weighted by atomic mass is 10.1. The minimum atomic E-state index is -3.57. The summed E-state index contributed by atoms with van der Waals surface area (Å²) in [6.45, 7) is 6.63. The van der Waals surface area contributed by atoms with Gasteiger partial charge in [-0.1, -0.05) is 25.1 Å². The van der Waals surface area contributed by atoms with Crippen LogP contribution in [0.2, 0.25) is 0 Å². The Hall–Kier alpha value is -2.26. The van der Waals surface area contributed by atoms with E-state index in [1.807, 2.05) is 26.0 Å². The van der Waals surface area contributed by atoms with Crippen molar-refractivity contribution in [1.29, 1.82) is 0 Å². The number of fused-ring (bicyclic) bond motifs is 1. The molecule has 1 aliphatic carbocycles. The molecule has 1 fully saturated rings. The van der Waals surface area contributed by atoms with Crippen LogP contribution in [0.25, 0.3) is 0 Å². The Balaban J connectivity index is 1.43. The third-order valence-corrected chi connectivity index (χ3v) is 8.09. The lowest BCUT2D eigenvalue weighted by molar-refractivity contribution is -0.130. The van der Waals surface area contributed by atoms with Crippen LogP contribution in [0.1, 0.15) is 62.4 Å². The molecule has 1 aliphatic heterocycles. The SMILES string of the molecule is CC(=O)N(CCc1noc(C(C)C)n1)C1CCN(S(=O)(=O)c2ccc3c(c2)CCC3)C1. The van der Waals surface area contributed by atoms with Crippen molar-refractivity contribution in [2.45, 2.75) is 69.7 Å². The van der Waals surface area contributed by atoms with E-state index in [4.69, 9.17) is 4.52 Å². The number of amides is 1. The zero-order valence-corrected chi connectivity index (χ0v) is 19.2. The van der Waals surface area contributed by atoms with Crippen LogP contribution in [0.5, 0.6) is 0 Å². The van der Waals surface area contributed by atoms with E-state index in [0.29, 0.717) is 49.1 Å². The molecule has 2 aromatic rings. The Bertz CT molecular complexity index is 1060. The second-order valence-electron chi connectivity index (χ2n) is 8.76. The average Bonchev–Trinajstić information content (AvgIpc) is 3.47. The molecule has 1 amide bonds. The number of nitrogens with zero attached hydrogens (tertiary/aromatic N) is 4. The van der Waals surface area contributed by atoms with Gasteiger partial charge < -0.3 is 9.42 Å². The number of benzene rings is 1. The van der Waals surface area contributed by atoms with E-state index in [0.717, 1.165) is 24.8 Å². The Morgan fingerprint density at radius 1 is 1.29 bits per heavy atom. The molecule has 0 radical (unpaired) electrons. The molecule has 0 saturated carbocycles. The summed E-state index contributed by atoms with van der Waals surface area (Å²) < 4.78 is 33.2. The highest BCUT2D eigenvalue weighted by Crippen LogP contribution is 2.28. The van der Waals surface area contributed by atoms with Crippen LogP contribution in [0, 0.1) is 0 Å². The molecule has 0 spiro atoms. The summed E-state index contributed by atoms with van der Waals surface area (Å²) in [5, 5.41) is 3.99. The fourth-order valence-electron chi connectivity index (χ4n) is 4.46. The van der Waals surface area contributed by atoms with Crippen molar-refractivity contribution in [2.75, 3.05) is 19.6 Å². The van der Waals surface area contributed by atoms with Crippen molar-refractivity contribution >= 4 is 15.9 Å². The van der Waals surface area contributed by atoms with Crippen molar-refractivity contribution in [1.82, 2.24) is 19.3 Å². The van der Waals surface area contributed by atoms with Gasteiger partial charge in [-0.15, -0.1) is 0 Å². The van der Waals surface area contributed by atoms with Crippen molar-refractivity contribution in [2.24, 2.45) is 0 Å². The Labute approximate surface area is 183 Å². The summed E-state index contributed by atoms with van der Waals surface area (Å²) >= 11 is 0. The van der Waals surface area contributed by atoms with E-state index < -0.39 is 10.0 Å². The topological polar surface area (TPSA) is 96.6 Å². The van der Waals surface area contributed by atoms with Crippen LogP contribution in [0.4, 0.5) is 0 Å². The van der Waals surface area contributed by atoms with Crippen molar-refractivity contribution in [3.63, 3.8) is 0 Å². The maximum absolute atomic E-state index is 13.2. The number of hydrogen-bond acceptors (Lipinski definition) is 6. The fourth-order valence-corrected chi connectivity index (χ4v) is 6.01. The van der Waals surface area contributed by atoms with Gasteiger partial charge >= 0.3 is 0 Å². The van der Waals surface area contributed by atoms with Crippen molar-refractivity contribution < 1.29 is 17.7 Å². The highest BCUT2D eigenvalue weighted by Gasteiger charge is 2.36. The first-order chi connectivity index (χ1) is 14.8. The normalized spacial score (nSPS) is 19.2. The molecule has 168 valence electrons. The largest absolute Gasteiger partial charge is 0.339 e. The van der Waals surface area contributed by atoms with E-state index >= 15 is 0 Å². The van der Waals surface area contributed by atoms with Gasteiger partial charge in [-0.25, -0.2) is 8.42 Å². The first-order valence-corrected chi connectivity index (χ1v) is 12.4. The van der Waals surface area contributed by atoms with Crippen LogP contribution in [-0.4, -0.2) is 59.3 Å². The number of carbonyl (C=O) groups is 1. The summed E-state index contributed by atoms with van der Waals surface area (Å²) in [6.07, 6.45) is 4.14. The van der Waals surface area contributed by atoms with E-state index in [9.17, 15) is 13.2 Å². The molecular weight excluding hydrogens is 416 g/mol. The summed E-state index contributed by atoms with van der Waals surface area (Å²) in [5.41, 5.74) is 2.39. The van der Waals surface area contributed by atoms with E-state index in [-0.39, 0.29) is 17.9 Å². The predicted molar refractivity (Wildman–Crippen MR) is 115 cm³/mol. The minimum Gasteiger partial charge on any atom is -0.339 e. The molecule has 2 heterocycles. The van der Waals surface area contributed by atoms with Gasteiger partial charge in [-0.2, -0.15) is 9.29 Å². The number of hydrogen-bond donors (Lipinski definition) is 0. The number of carbonyl (C=O) groups excluding carboxylic acids is 1. The van der Waals surface area contributed by atoms with Crippen LogP contribution in [0.3, 0.4) is 0 Å². The van der Waals surface area contributed by atoms with Crippen molar-refractivity contribution in [3.8, 4) is 0 Å². The molecule has 1 unspecified atom stereocenters. The summed E-state index contributed by atoms with van der Waals surface area (Å²) in [7, 11) is -3.57. The van der Waals surface area contributed by atoms with Gasteiger partial charge in [0.05, 0.1) is 4.90 Å². The van der Waals surface area contributed by atoms with Gasteiger partial charge in [0.1, 0.15) is 0 Å². The number of aromatic nitrogens is 2. The van der Waals surface area contributed by atoms with Gasteiger partial charge in [0.15, 0.2) is 5.82 Å². The molecule has 0 N–H and O–H groups in total. The molecule has 1 aromatic heterocycles. The van der Waals surface area contributed by atoms with E-state index in [1.54, 1.807) is 11.0 Å². The Morgan fingerprint density at radius 3 is 2.77 bits per heavy atom. The zero-order chi connectivity index (χ0) is 22.2. The van der Waals surface area contributed by atoms with Crippen LogP contribution in [0.15, 0.2) is 27.6 Å². The van der Waals surface area contributed by atoms with Crippen molar-refractivity contribution in [3.05, 3.63) is 41.0 Å². The van der Waals surface area contributed by atoms with Crippen LogP contribution < -0.4 is 0 Å². The standard InChI is InChI=1S/C22H30N4O4S/c1-15(2)22-23-21(24-30-22)10-12-26(16(3)27)19-9-11-25(14-19)31(28,29)20-8-7-17-5-4-6-18(17)13-20/h7-8,13,15,19H,4-6,9-12,14H2,1-3H3. The smallest absolute Gasteiger partial charge is 0.243 e. The lowest BCUT2D eigenvalue weighted by Crippen LogP contribution is -2.42. The molecule has 4 rings (SSSR count). The second kappa shape index (κ2) is 8.70. The first-order valence-electron chi connectivity index (χ1n) is 11.0.